The molecule has 0 bridgehead atoms. The summed E-state index contributed by atoms with van der Waals surface area (Å²) in [5.41, 5.74) is 4.44. The van der Waals surface area contributed by atoms with E-state index < -0.39 is 0 Å². The minimum atomic E-state index is -0.242. The molecule has 1 heterocycles. The lowest BCUT2D eigenvalue weighted by Crippen LogP contribution is -2.40. The number of alkyl carbamates (subject to hydrolysis) is 1. The Morgan fingerprint density at radius 2 is 2.23 bits per heavy atom. The maximum Gasteiger partial charge on any atom is 0.407 e. The van der Waals surface area contributed by atoms with Crippen molar-refractivity contribution in [2.75, 3.05) is 6.61 Å². The summed E-state index contributed by atoms with van der Waals surface area (Å²) in [4.78, 5) is 11.4. The van der Waals surface area contributed by atoms with Crippen molar-refractivity contribution in [3.63, 3.8) is 0 Å². The van der Waals surface area contributed by atoms with E-state index in [9.17, 15) is 4.79 Å². The molecule has 1 saturated carbocycles. The number of hydrogen-bond donors (Lipinski definition) is 1. The minimum Gasteiger partial charge on any atom is -0.447 e. The summed E-state index contributed by atoms with van der Waals surface area (Å²) in [5, 5.41) is 3.06. The second-order valence-corrected chi connectivity index (χ2v) is 8.52. The number of amides is 1. The van der Waals surface area contributed by atoms with E-state index in [1.165, 1.54) is 49.7 Å². The molecule has 1 aromatic rings. The van der Waals surface area contributed by atoms with Crippen LogP contribution in [0, 0.1) is 5.92 Å². The summed E-state index contributed by atoms with van der Waals surface area (Å²) in [6.45, 7) is 2.79. The summed E-state index contributed by atoms with van der Waals surface area (Å²) >= 11 is 0. The van der Waals surface area contributed by atoms with E-state index in [-0.39, 0.29) is 11.6 Å². The van der Waals surface area contributed by atoms with Crippen LogP contribution in [0.3, 0.4) is 0 Å². The average molecular weight is 354 g/mol. The SMILES string of the molecule is CCCC/C=C/[C@@H]1CCc2cc(C3CC[C@]4(COC(=O)N4)C3)ccc2C1. The quantitative estimate of drug-likeness (QED) is 0.577. The van der Waals surface area contributed by atoms with Crippen molar-refractivity contribution in [3.05, 3.63) is 47.0 Å². The second-order valence-electron chi connectivity index (χ2n) is 8.52. The van der Waals surface area contributed by atoms with Crippen LogP contribution in [0.1, 0.15) is 74.5 Å². The number of benzene rings is 1. The highest BCUT2D eigenvalue weighted by Gasteiger charge is 2.46. The maximum atomic E-state index is 11.4. The van der Waals surface area contributed by atoms with Gasteiger partial charge in [0.2, 0.25) is 0 Å². The number of allylic oxidation sites excluding steroid dienone is 2. The van der Waals surface area contributed by atoms with Crippen molar-refractivity contribution >= 4 is 6.09 Å². The number of hydrogen-bond acceptors (Lipinski definition) is 2. The molecule has 3 atom stereocenters. The number of cyclic esters (lactones) is 1. The molecule has 1 spiro atoms. The topological polar surface area (TPSA) is 38.3 Å². The molecule has 3 nitrogen and oxygen atoms in total. The van der Waals surface area contributed by atoms with Gasteiger partial charge in [-0.15, -0.1) is 0 Å². The summed E-state index contributed by atoms with van der Waals surface area (Å²) < 4.78 is 5.17. The standard InChI is InChI=1S/C23H31NO2/c1-2-3-4-5-6-17-7-8-19-14-20(10-9-18(19)13-17)21-11-12-23(15-21)16-26-22(25)24-23/h5-6,9-10,14,17,21H,2-4,7-8,11-13,15-16H2,1H3,(H,24,25)/b6-5+/t17-,21?,23-/m1/s1. The molecule has 140 valence electrons. The molecule has 26 heavy (non-hydrogen) atoms. The van der Waals surface area contributed by atoms with Gasteiger partial charge in [0.05, 0.1) is 5.54 Å². The third-order valence-corrected chi connectivity index (χ3v) is 6.56. The van der Waals surface area contributed by atoms with E-state index in [4.69, 9.17) is 4.74 Å². The highest BCUT2D eigenvalue weighted by molar-refractivity contribution is 5.70. The Balaban J connectivity index is 1.40. The molecule has 3 heteroatoms. The Morgan fingerprint density at radius 1 is 1.31 bits per heavy atom. The fraction of sp³-hybridized carbons (Fsp3) is 0.609. The first-order chi connectivity index (χ1) is 12.7. The fourth-order valence-corrected chi connectivity index (χ4v) is 4.98. The van der Waals surface area contributed by atoms with Gasteiger partial charge < -0.3 is 10.1 Å². The van der Waals surface area contributed by atoms with Gasteiger partial charge in [-0.1, -0.05) is 50.1 Å². The van der Waals surface area contributed by atoms with Gasteiger partial charge in [0, 0.05) is 0 Å². The van der Waals surface area contributed by atoms with E-state index in [1.807, 2.05) is 0 Å². The normalized spacial score (nSPS) is 30.6. The van der Waals surface area contributed by atoms with Crippen LogP contribution in [0.5, 0.6) is 0 Å². The van der Waals surface area contributed by atoms with Crippen LogP contribution >= 0.6 is 0 Å². The molecular weight excluding hydrogens is 322 g/mol. The van der Waals surface area contributed by atoms with E-state index in [0.717, 1.165) is 19.3 Å². The zero-order valence-electron chi connectivity index (χ0n) is 15.9. The summed E-state index contributed by atoms with van der Waals surface area (Å²) in [6.07, 6.45) is 15.3. The predicted molar refractivity (Wildman–Crippen MR) is 104 cm³/mol. The molecular formula is C23H31NO2. The lowest BCUT2D eigenvalue weighted by molar-refractivity contribution is 0.172. The third-order valence-electron chi connectivity index (χ3n) is 6.56. The molecule has 0 aromatic heterocycles. The van der Waals surface area contributed by atoms with Gasteiger partial charge in [-0.05, 0) is 73.5 Å². The number of nitrogens with one attached hydrogen (secondary N) is 1. The van der Waals surface area contributed by atoms with Crippen molar-refractivity contribution in [1.82, 2.24) is 5.32 Å². The molecule has 0 radical (unpaired) electrons. The molecule has 1 saturated heterocycles. The van der Waals surface area contributed by atoms with Crippen LogP contribution < -0.4 is 5.32 Å². The predicted octanol–water partition coefficient (Wildman–Crippen LogP) is 5.28. The molecule has 3 aliphatic rings. The van der Waals surface area contributed by atoms with Crippen LogP contribution in [0.4, 0.5) is 4.79 Å². The number of ether oxygens (including phenoxy) is 1. The summed E-state index contributed by atoms with van der Waals surface area (Å²) in [5.74, 6) is 1.26. The van der Waals surface area contributed by atoms with Gasteiger partial charge in [0.1, 0.15) is 6.61 Å². The molecule has 2 aliphatic carbocycles. The van der Waals surface area contributed by atoms with Gasteiger partial charge in [0.25, 0.3) is 0 Å². The van der Waals surface area contributed by atoms with Gasteiger partial charge >= 0.3 is 6.09 Å². The highest BCUT2D eigenvalue weighted by atomic mass is 16.6. The van der Waals surface area contributed by atoms with Crippen LogP contribution in [0.15, 0.2) is 30.4 Å². The molecule has 1 aliphatic heterocycles. The Bertz CT molecular complexity index is 695. The Hall–Kier alpha value is -1.77. The zero-order valence-corrected chi connectivity index (χ0v) is 15.9. The summed E-state index contributed by atoms with van der Waals surface area (Å²) in [7, 11) is 0. The van der Waals surface area contributed by atoms with Crippen LogP contribution in [0.2, 0.25) is 0 Å². The number of unbranched alkanes of at least 4 members (excludes halogenated alkanes) is 2. The molecule has 1 aromatic carbocycles. The maximum absolute atomic E-state index is 11.4. The Labute approximate surface area is 157 Å². The first-order valence-electron chi connectivity index (χ1n) is 10.4. The van der Waals surface area contributed by atoms with E-state index in [2.05, 4.69) is 42.6 Å². The van der Waals surface area contributed by atoms with E-state index in [0.29, 0.717) is 18.4 Å². The van der Waals surface area contributed by atoms with Gasteiger partial charge in [0.15, 0.2) is 0 Å². The average Bonchev–Trinajstić information content (AvgIpc) is 3.24. The monoisotopic (exact) mass is 353 g/mol. The lowest BCUT2D eigenvalue weighted by Gasteiger charge is -2.24. The molecule has 1 unspecified atom stereocenters. The van der Waals surface area contributed by atoms with Crippen LogP contribution in [-0.2, 0) is 17.6 Å². The molecule has 1 N–H and O–H groups in total. The third kappa shape index (κ3) is 3.67. The summed E-state index contributed by atoms with van der Waals surface area (Å²) in [6, 6.07) is 7.16. The van der Waals surface area contributed by atoms with Gasteiger partial charge in [-0.3, -0.25) is 0 Å². The zero-order chi connectivity index (χ0) is 18.0. The van der Waals surface area contributed by atoms with E-state index >= 15 is 0 Å². The van der Waals surface area contributed by atoms with Crippen molar-refractivity contribution in [1.29, 1.82) is 0 Å². The molecule has 1 amide bonds. The smallest absolute Gasteiger partial charge is 0.407 e. The first kappa shape index (κ1) is 17.6. The van der Waals surface area contributed by atoms with Gasteiger partial charge in [-0.2, -0.15) is 0 Å². The van der Waals surface area contributed by atoms with Crippen molar-refractivity contribution in [2.24, 2.45) is 5.92 Å². The number of fused-ring (bicyclic) bond motifs is 1. The van der Waals surface area contributed by atoms with Crippen molar-refractivity contribution < 1.29 is 9.53 Å². The van der Waals surface area contributed by atoms with Crippen LogP contribution in [0.25, 0.3) is 0 Å². The largest absolute Gasteiger partial charge is 0.447 e. The Morgan fingerprint density at radius 3 is 3.04 bits per heavy atom. The van der Waals surface area contributed by atoms with Gasteiger partial charge in [-0.25, -0.2) is 4.79 Å². The van der Waals surface area contributed by atoms with Crippen LogP contribution in [-0.4, -0.2) is 18.2 Å². The number of carbonyl (C=O) groups excluding carboxylic acids is 1. The van der Waals surface area contributed by atoms with Crippen molar-refractivity contribution in [3.8, 4) is 0 Å². The Kier molecular flexibility index (Phi) is 5.06. The fourth-order valence-electron chi connectivity index (χ4n) is 4.98. The number of carbonyl (C=O) groups is 1. The first-order valence-corrected chi connectivity index (χ1v) is 10.4. The highest BCUT2D eigenvalue weighted by Crippen LogP contribution is 2.43. The number of rotatable bonds is 5. The van der Waals surface area contributed by atoms with E-state index in [1.54, 1.807) is 5.56 Å². The van der Waals surface area contributed by atoms with Crippen molar-refractivity contribution in [2.45, 2.75) is 76.2 Å². The molecule has 2 fully saturated rings. The minimum absolute atomic E-state index is 0.105. The lowest BCUT2D eigenvalue weighted by atomic mass is 9.81. The number of aryl methyl sites for hydroxylation is 1. The molecule has 4 rings (SSSR count). The second kappa shape index (κ2) is 7.46.